The van der Waals surface area contributed by atoms with Gasteiger partial charge in [-0.15, -0.1) is 11.8 Å². The van der Waals surface area contributed by atoms with Crippen molar-refractivity contribution in [1.29, 1.82) is 0 Å². The molecule has 3 aromatic carbocycles. The molecule has 0 aliphatic carbocycles. The van der Waals surface area contributed by atoms with E-state index in [2.05, 4.69) is 31.3 Å². The Labute approximate surface area is 205 Å². The molecule has 4 rings (SSSR count). The first-order valence-corrected chi connectivity index (χ1v) is 12.8. The molecule has 6 heteroatoms. The number of ether oxygens (including phenoxy) is 1. The van der Waals surface area contributed by atoms with E-state index in [1.54, 1.807) is 23.9 Å². The number of amides is 2. The molecule has 0 radical (unpaired) electrons. The number of hydrogen-bond donors (Lipinski definition) is 1. The Bertz CT molecular complexity index is 1110. The van der Waals surface area contributed by atoms with Crippen LogP contribution in [0.4, 0.5) is 11.4 Å². The van der Waals surface area contributed by atoms with Crippen molar-refractivity contribution in [3.63, 3.8) is 0 Å². The number of benzene rings is 3. The Balaban J connectivity index is 1.41. The van der Waals surface area contributed by atoms with Crippen molar-refractivity contribution in [2.45, 2.75) is 38.5 Å². The van der Waals surface area contributed by atoms with Gasteiger partial charge < -0.3 is 10.1 Å². The minimum Gasteiger partial charge on any atom is -0.494 e. The van der Waals surface area contributed by atoms with E-state index >= 15 is 0 Å². The van der Waals surface area contributed by atoms with E-state index in [1.807, 2.05) is 53.4 Å². The molecule has 0 unspecified atom stereocenters. The zero-order chi connectivity index (χ0) is 23.9. The average Bonchev–Trinajstić information content (AvgIpc) is 3.26. The smallest absolute Gasteiger partial charge is 0.255 e. The van der Waals surface area contributed by atoms with Gasteiger partial charge in [0.15, 0.2) is 0 Å². The Morgan fingerprint density at radius 2 is 1.71 bits per heavy atom. The lowest BCUT2D eigenvalue weighted by molar-refractivity contribution is -0.115. The molecule has 1 heterocycles. The molecule has 0 aromatic heterocycles. The molecule has 1 fully saturated rings. The van der Waals surface area contributed by atoms with E-state index < -0.39 is 0 Å². The van der Waals surface area contributed by atoms with Crippen LogP contribution < -0.4 is 15.0 Å². The maximum Gasteiger partial charge on any atom is 0.255 e. The zero-order valence-electron chi connectivity index (χ0n) is 19.6. The van der Waals surface area contributed by atoms with Gasteiger partial charge in [-0.1, -0.05) is 44.5 Å². The van der Waals surface area contributed by atoms with E-state index in [1.165, 1.54) is 5.56 Å². The van der Waals surface area contributed by atoms with Crippen molar-refractivity contribution in [2.75, 3.05) is 22.6 Å². The summed E-state index contributed by atoms with van der Waals surface area (Å²) >= 11 is 1.62. The Morgan fingerprint density at radius 1 is 1.00 bits per heavy atom. The zero-order valence-corrected chi connectivity index (χ0v) is 20.4. The van der Waals surface area contributed by atoms with Crippen molar-refractivity contribution in [3.05, 3.63) is 89.5 Å². The second-order valence-corrected chi connectivity index (χ2v) is 9.32. The van der Waals surface area contributed by atoms with Crippen molar-refractivity contribution in [3.8, 4) is 5.75 Å². The van der Waals surface area contributed by atoms with E-state index in [0.717, 1.165) is 36.3 Å². The van der Waals surface area contributed by atoms with Gasteiger partial charge in [0.25, 0.3) is 5.91 Å². The summed E-state index contributed by atoms with van der Waals surface area (Å²) in [5.74, 6) is 1.16. The van der Waals surface area contributed by atoms with E-state index in [9.17, 15) is 9.59 Å². The highest BCUT2D eigenvalue weighted by molar-refractivity contribution is 8.00. The van der Waals surface area contributed by atoms with Crippen LogP contribution in [-0.2, 0) is 11.2 Å². The molecular weight excluding hydrogens is 444 g/mol. The molecule has 0 bridgehead atoms. The lowest BCUT2D eigenvalue weighted by Crippen LogP contribution is -2.27. The van der Waals surface area contributed by atoms with Crippen LogP contribution in [0.5, 0.6) is 5.75 Å². The average molecular weight is 475 g/mol. The van der Waals surface area contributed by atoms with Crippen molar-refractivity contribution < 1.29 is 14.3 Å². The Kier molecular flexibility index (Phi) is 7.91. The largest absolute Gasteiger partial charge is 0.494 e. The third-order valence-electron chi connectivity index (χ3n) is 5.83. The molecule has 0 saturated carbocycles. The number of rotatable bonds is 9. The number of nitrogens with zero attached hydrogens (tertiary/aromatic N) is 1. The molecule has 1 aliphatic rings. The predicted molar refractivity (Wildman–Crippen MR) is 140 cm³/mol. The Hall–Kier alpha value is -3.25. The summed E-state index contributed by atoms with van der Waals surface area (Å²) in [4.78, 5) is 27.1. The lowest BCUT2D eigenvalue weighted by atomic mass is 10.1. The van der Waals surface area contributed by atoms with Crippen LogP contribution in [0.15, 0.2) is 72.8 Å². The van der Waals surface area contributed by atoms with Gasteiger partial charge in [0.05, 0.1) is 12.4 Å². The second-order valence-electron chi connectivity index (χ2n) is 8.25. The number of nitrogens with one attached hydrogen (secondary N) is 1. The number of carbonyl (C=O) groups excluding carboxylic acids is 2. The number of anilines is 2. The summed E-state index contributed by atoms with van der Waals surface area (Å²) in [7, 11) is 0. The third kappa shape index (κ3) is 5.62. The fourth-order valence-corrected chi connectivity index (χ4v) is 4.99. The fraction of sp³-hybridized carbons (Fsp3) is 0.286. The van der Waals surface area contributed by atoms with Crippen molar-refractivity contribution in [1.82, 2.24) is 0 Å². The molecule has 5 nitrogen and oxygen atoms in total. The first-order chi connectivity index (χ1) is 16.6. The van der Waals surface area contributed by atoms with Crippen molar-refractivity contribution >= 4 is 35.0 Å². The van der Waals surface area contributed by atoms with Gasteiger partial charge in [-0.2, -0.15) is 0 Å². The highest BCUT2D eigenvalue weighted by Gasteiger charge is 2.33. The van der Waals surface area contributed by atoms with Gasteiger partial charge in [-0.05, 0) is 72.5 Å². The number of carbonyl (C=O) groups is 2. The Morgan fingerprint density at radius 3 is 2.35 bits per heavy atom. The van der Waals surface area contributed by atoms with Gasteiger partial charge >= 0.3 is 0 Å². The predicted octanol–water partition coefficient (Wildman–Crippen LogP) is 6.46. The van der Waals surface area contributed by atoms with Crippen LogP contribution in [0.2, 0.25) is 0 Å². The molecule has 1 saturated heterocycles. The minimum atomic E-state index is -0.170. The highest BCUT2D eigenvalue weighted by Crippen LogP contribution is 2.42. The van der Waals surface area contributed by atoms with Gasteiger partial charge in [-0.25, -0.2) is 0 Å². The summed E-state index contributed by atoms with van der Waals surface area (Å²) in [6, 6.07) is 23.1. The van der Waals surface area contributed by atoms with Crippen LogP contribution in [0.1, 0.15) is 53.5 Å². The van der Waals surface area contributed by atoms with Gasteiger partial charge in [0.2, 0.25) is 5.91 Å². The number of aryl methyl sites for hydroxylation is 1. The maximum absolute atomic E-state index is 12.7. The first-order valence-electron chi connectivity index (χ1n) is 11.8. The van der Waals surface area contributed by atoms with Crippen LogP contribution >= 0.6 is 11.8 Å². The van der Waals surface area contributed by atoms with Crippen LogP contribution in [0.25, 0.3) is 0 Å². The topological polar surface area (TPSA) is 58.6 Å². The van der Waals surface area contributed by atoms with Gasteiger partial charge in [0.1, 0.15) is 11.1 Å². The van der Waals surface area contributed by atoms with Gasteiger partial charge in [0, 0.05) is 16.9 Å². The third-order valence-corrected chi connectivity index (χ3v) is 7.04. The number of unbranched alkanes of at least 4 members (excludes halogenated alkanes) is 1. The van der Waals surface area contributed by atoms with E-state index in [-0.39, 0.29) is 17.2 Å². The molecule has 3 aromatic rings. The quantitative estimate of drug-likeness (QED) is 0.362. The normalized spacial score (nSPS) is 15.4. The second kappa shape index (κ2) is 11.3. The lowest BCUT2D eigenvalue weighted by Gasteiger charge is -2.24. The first kappa shape index (κ1) is 23.9. The SMILES string of the molecule is CCCCOc1ccc(C(=O)Nc2ccc([C@@H]3SCC(=O)N3c3ccc(CC)cc3)cc2)cc1. The summed E-state index contributed by atoms with van der Waals surface area (Å²) in [5.41, 5.74) is 4.48. The molecular formula is C28H30N2O3S. The van der Waals surface area contributed by atoms with Crippen molar-refractivity contribution in [2.24, 2.45) is 0 Å². The molecule has 1 aliphatic heterocycles. The summed E-state index contributed by atoms with van der Waals surface area (Å²) in [6.07, 6.45) is 3.06. The molecule has 1 N–H and O–H groups in total. The fourth-order valence-electron chi connectivity index (χ4n) is 3.81. The summed E-state index contributed by atoms with van der Waals surface area (Å²) in [6.45, 7) is 4.92. The number of thioether (sulfide) groups is 1. The minimum absolute atomic E-state index is 0.0787. The molecule has 1 atom stereocenters. The van der Waals surface area contributed by atoms with Crippen LogP contribution in [0, 0.1) is 0 Å². The molecule has 176 valence electrons. The highest BCUT2D eigenvalue weighted by atomic mass is 32.2. The van der Waals surface area contributed by atoms with E-state index in [0.29, 0.717) is 23.6 Å². The standard InChI is InChI=1S/C28H30N2O3S/c1-3-5-18-33-25-16-10-21(11-17-25)27(32)29-23-12-8-22(9-13-23)28-30(26(31)19-34-28)24-14-6-20(4-2)7-15-24/h6-17,28H,3-5,18-19H2,1-2H3,(H,29,32)/t28-/m0/s1. The van der Waals surface area contributed by atoms with Gasteiger partial charge in [-0.3, -0.25) is 14.5 Å². The maximum atomic E-state index is 12.7. The number of hydrogen-bond acceptors (Lipinski definition) is 4. The summed E-state index contributed by atoms with van der Waals surface area (Å²) < 4.78 is 5.66. The molecule has 0 spiro atoms. The molecule has 2 amide bonds. The van der Waals surface area contributed by atoms with Crippen LogP contribution in [0.3, 0.4) is 0 Å². The summed E-state index contributed by atoms with van der Waals surface area (Å²) in [5, 5.41) is 2.87. The van der Waals surface area contributed by atoms with E-state index in [4.69, 9.17) is 4.74 Å². The van der Waals surface area contributed by atoms with Crippen LogP contribution in [-0.4, -0.2) is 24.2 Å². The molecule has 34 heavy (non-hydrogen) atoms. The monoisotopic (exact) mass is 474 g/mol.